The first kappa shape index (κ1) is 18.3. The molecule has 7 heteroatoms. The van der Waals surface area contributed by atoms with E-state index in [2.05, 4.69) is 49.8 Å². The van der Waals surface area contributed by atoms with Crippen LogP contribution in [0.15, 0.2) is 23.3 Å². The minimum atomic E-state index is 0.703. The molecule has 2 aliphatic rings. The largest absolute Gasteiger partial charge is 0.378 e. The Morgan fingerprint density at radius 2 is 2.24 bits per heavy atom. The van der Waals surface area contributed by atoms with Crippen LogP contribution in [-0.2, 0) is 11.3 Å². The van der Waals surface area contributed by atoms with E-state index < -0.39 is 0 Å². The fourth-order valence-electron chi connectivity index (χ4n) is 3.29. The molecule has 2 saturated heterocycles. The molecular formula is C18H29N5OS. The third-order valence-corrected chi connectivity index (χ3v) is 6.09. The summed E-state index contributed by atoms with van der Waals surface area (Å²) in [6, 6.07) is 4.16. The SMILES string of the molecule is CCC1CN(C(=NC)NCc2cccnc2N2CCOCC2)CCS1. The molecular weight excluding hydrogens is 334 g/mol. The summed E-state index contributed by atoms with van der Waals surface area (Å²) < 4.78 is 5.46. The van der Waals surface area contributed by atoms with Crippen LogP contribution in [0.25, 0.3) is 0 Å². The van der Waals surface area contributed by atoms with Gasteiger partial charge in [0.15, 0.2) is 5.96 Å². The second-order valence-corrected chi connectivity index (χ2v) is 7.74. The molecule has 1 atom stereocenters. The molecule has 0 aliphatic carbocycles. The van der Waals surface area contributed by atoms with Crippen molar-refractivity contribution in [1.82, 2.24) is 15.2 Å². The van der Waals surface area contributed by atoms with Gasteiger partial charge in [-0.3, -0.25) is 4.99 Å². The number of pyridine rings is 1. The average Bonchev–Trinajstić information content (AvgIpc) is 2.69. The van der Waals surface area contributed by atoms with Gasteiger partial charge in [-0.05, 0) is 12.5 Å². The quantitative estimate of drug-likeness (QED) is 0.651. The Morgan fingerprint density at radius 1 is 1.40 bits per heavy atom. The Kier molecular flexibility index (Phi) is 6.81. The van der Waals surface area contributed by atoms with Gasteiger partial charge in [0.05, 0.1) is 13.2 Å². The fraction of sp³-hybridized carbons (Fsp3) is 0.667. The van der Waals surface area contributed by atoms with Crippen molar-refractivity contribution in [3.63, 3.8) is 0 Å². The smallest absolute Gasteiger partial charge is 0.193 e. The van der Waals surface area contributed by atoms with Crippen molar-refractivity contribution in [1.29, 1.82) is 0 Å². The molecule has 25 heavy (non-hydrogen) atoms. The van der Waals surface area contributed by atoms with E-state index in [9.17, 15) is 0 Å². The van der Waals surface area contributed by atoms with Gasteiger partial charge in [-0.2, -0.15) is 11.8 Å². The van der Waals surface area contributed by atoms with E-state index in [4.69, 9.17) is 4.74 Å². The molecule has 1 aromatic heterocycles. The van der Waals surface area contributed by atoms with Crippen LogP contribution in [0.2, 0.25) is 0 Å². The Labute approximate surface area is 155 Å². The zero-order valence-electron chi connectivity index (χ0n) is 15.3. The Bertz CT molecular complexity index is 576. The lowest BCUT2D eigenvalue weighted by Gasteiger charge is -2.34. The Morgan fingerprint density at radius 3 is 3.00 bits per heavy atom. The highest BCUT2D eigenvalue weighted by molar-refractivity contribution is 8.00. The van der Waals surface area contributed by atoms with Crippen molar-refractivity contribution in [2.45, 2.75) is 25.1 Å². The molecule has 2 fully saturated rings. The topological polar surface area (TPSA) is 53.0 Å². The average molecular weight is 364 g/mol. The minimum absolute atomic E-state index is 0.703. The number of guanidine groups is 1. The molecule has 0 saturated carbocycles. The number of thioether (sulfide) groups is 1. The van der Waals surface area contributed by atoms with Crippen LogP contribution in [0.4, 0.5) is 5.82 Å². The van der Waals surface area contributed by atoms with Crippen LogP contribution in [-0.4, -0.2) is 73.3 Å². The van der Waals surface area contributed by atoms with E-state index in [1.54, 1.807) is 0 Å². The van der Waals surface area contributed by atoms with Gasteiger partial charge in [-0.25, -0.2) is 4.98 Å². The molecule has 3 heterocycles. The van der Waals surface area contributed by atoms with Gasteiger partial charge >= 0.3 is 0 Å². The molecule has 0 aromatic carbocycles. The van der Waals surface area contributed by atoms with E-state index in [0.717, 1.165) is 57.7 Å². The summed E-state index contributed by atoms with van der Waals surface area (Å²) in [6.07, 6.45) is 3.08. The summed E-state index contributed by atoms with van der Waals surface area (Å²) in [6.45, 7) is 8.49. The van der Waals surface area contributed by atoms with Crippen LogP contribution in [0.3, 0.4) is 0 Å². The molecule has 0 amide bonds. The minimum Gasteiger partial charge on any atom is -0.378 e. The number of morpholine rings is 1. The van der Waals surface area contributed by atoms with Crippen LogP contribution in [0.1, 0.15) is 18.9 Å². The maximum atomic E-state index is 5.46. The van der Waals surface area contributed by atoms with Crippen LogP contribution in [0.5, 0.6) is 0 Å². The van der Waals surface area contributed by atoms with Crippen molar-refractivity contribution in [2.75, 3.05) is 57.1 Å². The lowest BCUT2D eigenvalue weighted by Crippen LogP contribution is -2.47. The summed E-state index contributed by atoms with van der Waals surface area (Å²) in [4.78, 5) is 13.8. The summed E-state index contributed by atoms with van der Waals surface area (Å²) in [5.74, 6) is 3.23. The number of hydrogen-bond acceptors (Lipinski definition) is 5. The molecule has 2 aliphatic heterocycles. The summed E-state index contributed by atoms with van der Waals surface area (Å²) in [5.41, 5.74) is 1.21. The first-order chi connectivity index (χ1) is 12.3. The number of rotatable bonds is 4. The zero-order chi connectivity index (χ0) is 17.5. The number of aromatic nitrogens is 1. The molecule has 6 nitrogen and oxygen atoms in total. The monoisotopic (exact) mass is 363 g/mol. The number of ether oxygens (including phenoxy) is 1. The lowest BCUT2D eigenvalue weighted by atomic mass is 10.2. The van der Waals surface area contributed by atoms with Crippen molar-refractivity contribution in [2.24, 2.45) is 4.99 Å². The maximum Gasteiger partial charge on any atom is 0.193 e. The normalized spacial score (nSPS) is 22.2. The number of hydrogen-bond donors (Lipinski definition) is 1. The van der Waals surface area contributed by atoms with Crippen molar-refractivity contribution in [3.05, 3.63) is 23.9 Å². The number of aliphatic imine (C=N–C) groups is 1. The van der Waals surface area contributed by atoms with Gasteiger partial charge in [0.25, 0.3) is 0 Å². The van der Waals surface area contributed by atoms with E-state index in [0.29, 0.717) is 5.25 Å². The predicted molar refractivity (Wildman–Crippen MR) is 106 cm³/mol. The van der Waals surface area contributed by atoms with Gasteiger partial charge in [0.1, 0.15) is 5.82 Å². The summed E-state index contributed by atoms with van der Waals surface area (Å²) in [7, 11) is 1.87. The lowest BCUT2D eigenvalue weighted by molar-refractivity contribution is 0.122. The van der Waals surface area contributed by atoms with Crippen molar-refractivity contribution in [3.8, 4) is 0 Å². The first-order valence-electron chi connectivity index (χ1n) is 9.15. The molecule has 1 N–H and O–H groups in total. The van der Waals surface area contributed by atoms with E-state index in [1.165, 1.54) is 17.7 Å². The molecule has 3 rings (SSSR count). The standard InChI is InChI=1S/C18H29N5OS/c1-3-16-14-23(9-12-25-16)18(19-2)21-13-15-5-4-6-20-17(15)22-7-10-24-11-8-22/h4-6,16H,3,7-14H2,1-2H3,(H,19,21). The number of anilines is 1. The first-order valence-corrected chi connectivity index (χ1v) is 10.2. The highest BCUT2D eigenvalue weighted by Crippen LogP contribution is 2.22. The molecule has 138 valence electrons. The fourth-order valence-corrected chi connectivity index (χ4v) is 4.47. The second-order valence-electron chi connectivity index (χ2n) is 6.33. The Hall–Kier alpha value is -1.47. The van der Waals surface area contributed by atoms with Crippen molar-refractivity contribution >= 4 is 23.5 Å². The second kappa shape index (κ2) is 9.29. The van der Waals surface area contributed by atoms with Gasteiger partial charge in [0, 0.05) is 62.5 Å². The van der Waals surface area contributed by atoms with Crippen LogP contribution >= 0.6 is 11.8 Å². The number of nitrogens with zero attached hydrogens (tertiary/aromatic N) is 4. The van der Waals surface area contributed by atoms with E-state index in [-0.39, 0.29) is 0 Å². The highest BCUT2D eigenvalue weighted by Gasteiger charge is 2.22. The van der Waals surface area contributed by atoms with Crippen LogP contribution in [0, 0.1) is 0 Å². The molecule has 1 unspecified atom stereocenters. The third kappa shape index (κ3) is 4.79. The summed E-state index contributed by atoms with van der Waals surface area (Å²) in [5, 5.41) is 4.25. The predicted octanol–water partition coefficient (Wildman–Crippen LogP) is 1.82. The third-order valence-electron chi connectivity index (χ3n) is 4.72. The molecule has 0 bridgehead atoms. The van der Waals surface area contributed by atoms with E-state index in [1.807, 2.05) is 19.3 Å². The van der Waals surface area contributed by atoms with E-state index >= 15 is 0 Å². The van der Waals surface area contributed by atoms with Crippen LogP contribution < -0.4 is 10.2 Å². The highest BCUT2D eigenvalue weighted by atomic mass is 32.2. The van der Waals surface area contributed by atoms with Gasteiger partial charge in [0.2, 0.25) is 0 Å². The zero-order valence-corrected chi connectivity index (χ0v) is 16.1. The van der Waals surface area contributed by atoms with Crippen molar-refractivity contribution < 1.29 is 4.74 Å². The molecule has 1 aromatic rings. The van der Waals surface area contributed by atoms with Gasteiger partial charge in [-0.15, -0.1) is 0 Å². The van der Waals surface area contributed by atoms with Gasteiger partial charge in [-0.1, -0.05) is 13.0 Å². The molecule has 0 spiro atoms. The summed E-state index contributed by atoms with van der Waals surface area (Å²) >= 11 is 2.08. The maximum absolute atomic E-state index is 5.46. The molecule has 0 radical (unpaired) electrons. The van der Waals surface area contributed by atoms with Gasteiger partial charge < -0.3 is 19.9 Å². The number of nitrogens with one attached hydrogen (secondary N) is 1. The Balaban J connectivity index is 1.64.